The fraction of sp³-hybridized carbons (Fsp3) is 0.111. The van der Waals surface area contributed by atoms with Crippen molar-refractivity contribution in [3.05, 3.63) is 29.3 Å². The van der Waals surface area contributed by atoms with Gasteiger partial charge in [0.1, 0.15) is 0 Å². The van der Waals surface area contributed by atoms with Crippen molar-refractivity contribution >= 4 is 30.2 Å². The molecule has 13 heavy (non-hydrogen) atoms. The van der Waals surface area contributed by atoms with Crippen LogP contribution in [-0.4, -0.2) is 12.1 Å². The van der Waals surface area contributed by atoms with Gasteiger partial charge >= 0.3 is 0 Å². The van der Waals surface area contributed by atoms with Crippen molar-refractivity contribution in [2.45, 2.75) is 6.42 Å². The average Bonchev–Trinajstić information content (AvgIpc) is 2.07. The van der Waals surface area contributed by atoms with Crippen molar-refractivity contribution in [3.8, 4) is 0 Å². The number of hydrogen-bond acceptors (Lipinski definition) is 2. The molecule has 1 heterocycles. The van der Waals surface area contributed by atoms with Crippen molar-refractivity contribution in [1.29, 1.82) is 0 Å². The van der Waals surface area contributed by atoms with Gasteiger partial charge in [-0.15, -0.1) is 12.4 Å². The molecule has 3 nitrogen and oxygen atoms in total. The summed E-state index contributed by atoms with van der Waals surface area (Å²) in [7, 11) is 0. The Morgan fingerprint density at radius 2 is 2.15 bits per heavy atom. The average molecular weight is 197 g/mol. The maximum Gasteiger partial charge on any atom is 0.277 e. The molecule has 0 bridgehead atoms. The van der Waals surface area contributed by atoms with Crippen molar-refractivity contribution in [3.63, 3.8) is 0 Å². The van der Waals surface area contributed by atoms with E-state index in [4.69, 9.17) is 5.73 Å². The summed E-state index contributed by atoms with van der Waals surface area (Å²) in [6.07, 6.45) is 2.26. The molecule has 1 aliphatic rings. The van der Waals surface area contributed by atoms with Gasteiger partial charge in [0, 0.05) is 23.9 Å². The summed E-state index contributed by atoms with van der Waals surface area (Å²) in [5, 5.41) is 0. The summed E-state index contributed by atoms with van der Waals surface area (Å²) in [5.74, 6) is -0.191. The Morgan fingerprint density at radius 1 is 1.38 bits per heavy atom. The zero-order valence-electron chi connectivity index (χ0n) is 6.86. The summed E-state index contributed by atoms with van der Waals surface area (Å²) in [6, 6.07) is 5.32. The number of fused-ring (bicyclic) bond motifs is 1. The number of nitrogen functional groups attached to an aromatic ring is 1. The van der Waals surface area contributed by atoms with E-state index in [0.717, 1.165) is 5.56 Å². The summed E-state index contributed by atoms with van der Waals surface area (Å²) in [6.45, 7) is 0. The predicted molar refractivity (Wildman–Crippen MR) is 54.6 cm³/mol. The molecule has 4 heteroatoms. The summed E-state index contributed by atoms with van der Waals surface area (Å²) in [4.78, 5) is 14.9. The van der Waals surface area contributed by atoms with E-state index in [9.17, 15) is 4.79 Å². The fourth-order valence-electron chi connectivity index (χ4n) is 1.32. The number of benzene rings is 1. The highest BCUT2D eigenvalue weighted by Crippen LogP contribution is 2.20. The predicted octanol–water partition coefficient (Wildman–Crippen LogP) is 1.46. The fourth-order valence-corrected chi connectivity index (χ4v) is 1.32. The van der Waals surface area contributed by atoms with E-state index in [1.807, 2.05) is 0 Å². The standard InChI is InChI=1S/C9H8N2O.ClH/c10-8-3-1-2-7-6(8)4-5-11-9(7)12;/h1-3,5H,4,10H2;1H. The molecule has 1 aromatic carbocycles. The van der Waals surface area contributed by atoms with Crippen molar-refractivity contribution < 1.29 is 4.79 Å². The second kappa shape index (κ2) is 3.58. The zero-order chi connectivity index (χ0) is 8.55. The highest BCUT2D eigenvalue weighted by molar-refractivity contribution is 6.04. The minimum absolute atomic E-state index is 0. The van der Waals surface area contributed by atoms with Gasteiger partial charge in [-0.1, -0.05) is 6.07 Å². The number of nitrogens with zero attached hydrogens (tertiary/aromatic N) is 1. The molecule has 1 amide bonds. The van der Waals surface area contributed by atoms with Crippen LogP contribution in [0, 0.1) is 0 Å². The van der Waals surface area contributed by atoms with E-state index >= 15 is 0 Å². The van der Waals surface area contributed by atoms with Crippen LogP contribution in [0.1, 0.15) is 15.9 Å². The molecule has 2 rings (SSSR count). The van der Waals surface area contributed by atoms with E-state index in [0.29, 0.717) is 17.7 Å². The second-order valence-electron chi connectivity index (χ2n) is 2.69. The van der Waals surface area contributed by atoms with E-state index in [1.54, 1.807) is 24.4 Å². The van der Waals surface area contributed by atoms with Gasteiger partial charge in [0.05, 0.1) is 0 Å². The van der Waals surface area contributed by atoms with Crippen LogP contribution in [0.3, 0.4) is 0 Å². The van der Waals surface area contributed by atoms with Crippen LogP contribution >= 0.6 is 12.4 Å². The molecule has 0 fully saturated rings. The van der Waals surface area contributed by atoms with Crippen LogP contribution in [0.4, 0.5) is 5.69 Å². The molecule has 0 saturated heterocycles. The van der Waals surface area contributed by atoms with Crippen molar-refractivity contribution in [1.82, 2.24) is 0 Å². The molecule has 0 saturated carbocycles. The first-order valence-corrected chi connectivity index (χ1v) is 3.73. The monoisotopic (exact) mass is 196 g/mol. The lowest BCUT2D eigenvalue weighted by Gasteiger charge is -2.10. The molecule has 0 radical (unpaired) electrons. The molecule has 1 aromatic rings. The normalized spacial score (nSPS) is 13.4. The zero-order valence-corrected chi connectivity index (χ0v) is 7.67. The SMILES string of the molecule is Cl.Nc1cccc2c1CC=NC2=O. The Kier molecular flexibility index (Phi) is 2.68. The number of hydrogen-bond donors (Lipinski definition) is 1. The molecule has 2 N–H and O–H groups in total. The van der Waals surface area contributed by atoms with Crippen LogP contribution in [0.2, 0.25) is 0 Å². The summed E-state index contributed by atoms with van der Waals surface area (Å²) in [5.41, 5.74) is 7.90. The van der Waals surface area contributed by atoms with Crippen molar-refractivity contribution in [2.24, 2.45) is 4.99 Å². The first kappa shape index (κ1) is 9.74. The van der Waals surface area contributed by atoms with Gasteiger partial charge in [0.2, 0.25) is 0 Å². The van der Waals surface area contributed by atoms with Crippen LogP contribution < -0.4 is 5.73 Å². The van der Waals surface area contributed by atoms with E-state index < -0.39 is 0 Å². The summed E-state index contributed by atoms with van der Waals surface area (Å²) >= 11 is 0. The summed E-state index contributed by atoms with van der Waals surface area (Å²) < 4.78 is 0. The van der Waals surface area contributed by atoms with Gasteiger partial charge in [-0.05, 0) is 17.7 Å². The third-order valence-electron chi connectivity index (χ3n) is 1.95. The molecule has 0 spiro atoms. The number of aliphatic imine (C=N–C) groups is 1. The lowest BCUT2D eigenvalue weighted by molar-refractivity contribution is 0.100. The molecule has 0 aromatic heterocycles. The Balaban J connectivity index is 0.000000845. The van der Waals surface area contributed by atoms with Crippen LogP contribution in [0.25, 0.3) is 0 Å². The molecule has 1 aliphatic heterocycles. The molecule has 0 unspecified atom stereocenters. The third kappa shape index (κ3) is 1.55. The maximum absolute atomic E-state index is 11.2. The Labute approximate surface area is 82.1 Å². The topological polar surface area (TPSA) is 55.4 Å². The smallest absolute Gasteiger partial charge is 0.277 e. The van der Waals surface area contributed by atoms with Gasteiger partial charge < -0.3 is 5.73 Å². The lowest BCUT2D eigenvalue weighted by atomic mass is 10.0. The molecular formula is C9H9ClN2O. The molecule has 0 atom stereocenters. The second-order valence-corrected chi connectivity index (χ2v) is 2.69. The molecular weight excluding hydrogens is 188 g/mol. The van der Waals surface area contributed by atoms with E-state index in [1.165, 1.54) is 0 Å². The Morgan fingerprint density at radius 3 is 2.85 bits per heavy atom. The number of anilines is 1. The van der Waals surface area contributed by atoms with Gasteiger partial charge in [-0.2, -0.15) is 0 Å². The Bertz CT molecular complexity index is 374. The number of amides is 1. The quantitative estimate of drug-likeness (QED) is 0.639. The number of rotatable bonds is 0. The number of carbonyl (C=O) groups is 1. The third-order valence-corrected chi connectivity index (χ3v) is 1.95. The first-order valence-electron chi connectivity index (χ1n) is 3.73. The van der Waals surface area contributed by atoms with Crippen LogP contribution in [0.15, 0.2) is 23.2 Å². The molecule has 0 aliphatic carbocycles. The van der Waals surface area contributed by atoms with Crippen LogP contribution in [0.5, 0.6) is 0 Å². The minimum Gasteiger partial charge on any atom is -0.398 e. The lowest BCUT2D eigenvalue weighted by Crippen LogP contribution is -2.10. The van der Waals surface area contributed by atoms with Gasteiger partial charge in [0.25, 0.3) is 5.91 Å². The van der Waals surface area contributed by atoms with Crippen molar-refractivity contribution in [2.75, 3.05) is 5.73 Å². The molecule has 68 valence electrons. The van der Waals surface area contributed by atoms with Gasteiger partial charge in [0.15, 0.2) is 0 Å². The first-order chi connectivity index (χ1) is 5.79. The highest BCUT2D eigenvalue weighted by Gasteiger charge is 2.14. The minimum atomic E-state index is -0.191. The number of halogens is 1. The maximum atomic E-state index is 11.2. The van der Waals surface area contributed by atoms with Gasteiger partial charge in [-0.3, -0.25) is 4.79 Å². The number of carbonyl (C=O) groups excluding carboxylic acids is 1. The largest absolute Gasteiger partial charge is 0.398 e. The highest BCUT2D eigenvalue weighted by atomic mass is 35.5. The van der Waals surface area contributed by atoms with E-state index in [2.05, 4.69) is 4.99 Å². The van der Waals surface area contributed by atoms with Gasteiger partial charge in [-0.25, -0.2) is 4.99 Å². The van der Waals surface area contributed by atoms with Crippen LogP contribution in [-0.2, 0) is 6.42 Å². The Hall–Kier alpha value is -1.35. The number of nitrogens with two attached hydrogens (primary N) is 1. The van der Waals surface area contributed by atoms with E-state index in [-0.39, 0.29) is 18.3 Å².